The van der Waals surface area contributed by atoms with Crippen LogP contribution in [0.3, 0.4) is 0 Å². The highest BCUT2D eigenvalue weighted by Crippen LogP contribution is 2.12. The summed E-state index contributed by atoms with van der Waals surface area (Å²) in [5.41, 5.74) is 2.54. The van der Waals surface area contributed by atoms with E-state index in [1.807, 2.05) is 6.07 Å². The summed E-state index contributed by atoms with van der Waals surface area (Å²) in [5.74, 6) is -0.225. The topological polar surface area (TPSA) is 70.7 Å². The molecule has 2 aromatic rings. The molecule has 1 amide bonds. The van der Waals surface area contributed by atoms with Crippen molar-refractivity contribution in [1.82, 2.24) is 9.78 Å². The predicted molar refractivity (Wildman–Crippen MR) is 76.3 cm³/mol. The van der Waals surface area contributed by atoms with Gasteiger partial charge in [0.05, 0.1) is 17.3 Å². The van der Waals surface area contributed by atoms with Crippen molar-refractivity contribution in [3.05, 3.63) is 47.3 Å². The molecule has 0 atom stereocenters. The van der Waals surface area contributed by atoms with Gasteiger partial charge < -0.3 is 5.32 Å². The number of anilines is 1. The monoisotopic (exact) mass is 268 g/mol. The molecule has 0 aliphatic heterocycles. The zero-order valence-electron chi connectivity index (χ0n) is 11.6. The second-order valence-electron chi connectivity index (χ2n) is 4.54. The molecule has 102 valence electrons. The fourth-order valence-corrected chi connectivity index (χ4v) is 1.98. The zero-order chi connectivity index (χ0) is 14.5. The molecule has 1 N–H and O–H groups in total. The highest BCUT2D eigenvalue weighted by molar-refractivity contribution is 6.03. The third-order valence-corrected chi connectivity index (χ3v) is 2.92. The Morgan fingerprint density at radius 2 is 2.25 bits per heavy atom. The van der Waals surface area contributed by atoms with E-state index in [-0.39, 0.29) is 5.91 Å². The number of nitrogens with one attached hydrogen (secondary N) is 1. The van der Waals surface area contributed by atoms with Gasteiger partial charge >= 0.3 is 0 Å². The predicted octanol–water partition coefficient (Wildman–Crippen LogP) is 2.50. The molecule has 0 saturated carbocycles. The van der Waals surface area contributed by atoms with Gasteiger partial charge in [0.1, 0.15) is 5.69 Å². The molecule has 5 nitrogen and oxygen atoms in total. The van der Waals surface area contributed by atoms with Crippen molar-refractivity contribution < 1.29 is 4.79 Å². The Morgan fingerprint density at radius 1 is 1.45 bits per heavy atom. The van der Waals surface area contributed by atoms with E-state index >= 15 is 0 Å². The lowest BCUT2D eigenvalue weighted by atomic mass is 10.2. The lowest BCUT2D eigenvalue weighted by molar-refractivity contribution is 0.101. The highest BCUT2D eigenvalue weighted by Gasteiger charge is 2.13. The summed E-state index contributed by atoms with van der Waals surface area (Å²) in [6, 6.07) is 10.7. The van der Waals surface area contributed by atoms with Gasteiger partial charge in [0.2, 0.25) is 0 Å². The highest BCUT2D eigenvalue weighted by atomic mass is 16.2. The van der Waals surface area contributed by atoms with Crippen LogP contribution in [0.25, 0.3) is 0 Å². The molecule has 0 fully saturated rings. The Balaban J connectivity index is 2.17. The fraction of sp³-hybridized carbons (Fsp3) is 0.267. The standard InChI is InChI=1S/C15H16N4O/c1-3-5-13-9-14(19(2)18-13)15(20)17-12-7-4-6-11(8-12)10-16/h4,6-9H,3,5H2,1-2H3,(H,17,20). The SMILES string of the molecule is CCCc1cc(C(=O)Nc2cccc(C#N)c2)n(C)n1. The third kappa shape index (κ3) is 3.04. The summed E-state index contributed by atoms with van der Waals surface area (Å²) in [5, 5.41) is 15.9. The summed E-state index contributed by atoms with van der Waals surface area (Å²) >= 11 is 0. The van der Waals surface area contributed by atoms with Gasteiger partial charge in [-0.05, 0) is 30.7 Å². The normalized spacial score (nSPS) is 10.1. The number of rotatable bonds is 4. The van der Waals surface area contributed by atoms with Crippen LogP contribution in [0, 0.1) is 11.3 Å². The van der Waals surface area contributed by atoms with Crippen molar-refractivity contribution in [2.45, 2.75) is 19.8 Å². The van der Waals surface area contributed by atoms with Gasteiger partial charge in [0.15, 0.2) is 0 Å². The lowest BCUT2D eigenvalue weighted by Crippen LogP contribution is -2.16. The van der Waals surface area contributed by atoms with Gasteiger partial charge in [-0.15, -0.1) is 0 Å². The number of hydrogen-bond acceptors (Lipinski definition) is 3. The average Bonchev–Trinajstić information content (AvgIpc) is 2.80. The molecule has 2 rings (SSSR count). The Morgan fingerprint density at radius 3 is 2.95 bits per heavy atom. The minimum atomic E-state index is -0.225. The molecule has 1 heterocycles. The molecular weight excluding hydrogens is 252 g/mol. The Kier molecular flexibility index (Phi) is 4.16. The number of amides is 1. The Bertz CT molecular complexity index is 667. The van der Waals surface area contributed by atoms with Crippen LogP contribution in [0.2, 0.25) is 0 Å². The average molecular weight is 268 g/mol. The molecule has 1 aromatic carbocycles. The van der Waals surface area contributed by atoms with Crippen LogP contribution in [0.4, 0.5) is 5.69 Å². The minimum Gasteiger partial charge on any atom is -0.321 e. The van der Waals surface area contributed by atoms with Crippen LogP contribution < -0.4 is 5.32 Å². The van der Waals surface area contributed by atoms with Gasteiger partial charge in [0, 0.05) is 12.7 Å². The first-order valence-electron chi connectivity index (χ1n) is 6.48. The van der Waals surface area contributed by atoms with Crippen molar-refractivity contribution in [3.63, 3.8) is 0 Å². The van der Waals surface area contributed by atoms with E-state index in [2.05, 4.69) is 17.3 Å². The number of carbonyl (C=O) groups excluding carboxylic acids is 1. The molecule has 1 aromatic heterocycles. The number of aryl methyl sites for hydroxylation is 2. The summed E-state index contributed by atoms with van der Waals surface area (Å²) in [6.45, 7) is 2.07. The molecule has 0 aliphatic carbocycles. The number of hydrogen-bond donors (Lipinski definition) is 1. The molecule has 0 radical (unpaired) electrons. The van der Waals surface area contributed by atoms with Gasteiger partial charge in [-0.25, -0.2) is 0 Å². The number of benzene rings is 1. The number of carbonyl (C=O) groups is 1. The van der Waals surface area contributed by atoms with E-state index in [9.17, 15) is 4.79 Å². The summed E-state index contributed by atoms with van der Waals surface area (Å²) in [6.07, 6.45) is 1.84. The smallest absolute Gasteiger partial charge is 0.273 e. The van der Waals surface area contributed by atoms with E-state index in [0.29, 0.717) is 16.9 Å². The van der Waals surface area contributed by atoms with Gasteiger partial charge in [0.25, 0.3) is 5.91 Å². The van der Waals surface area contributed by atoms with E-state index in [0.717, 1.165) is 18.5 Å². The third-order valence-electron chi connectivity index (χ3n) is 2.92. The van der Waals surface area contributed by atoms with E-state index < -0.39 is 0 Å². The quantitative estimate of drug-likeness (QED) is 0.926. The summed E-state index contributed by atoms with van der Waals surface area (Å²) in [7, 11) is 1.75. The zero-order valence-corrected chi connectivity index (χ0v) is 11.6. The van der Waals surface area contributed by atoms with Crippen LogP contribution >= 0.6 is 0 Å². The first-order valence-corrected chi connectivity index (χ1v) is 6.48. The molecule has 0 saturated heterocycles. The second kappa shape index (κ2) is 6.02. The van der Waals surface area contributed by atoms with E-state index in [1.165, 1.54) is 0 Å². The fourth-order valence-electron chi connectivity index (χ4n) is 1.98. The maximum absolute atomic E-state index is 12.2. The van der Waals surface area contributed by atoms with Crippen LogP contribution in [-0.4, -0.2) is 15.7 Å². The minimum absolute atomic E-state index is 0.225. The molecule has 20 heavy (non-hydrogen) atoms. The second-order valence-corrected chi connectivity index (χ2v) is 4.54. The van der Waals surface area contributed by atoms with Crippen molar-refractivity contribution in [2.24, 2.45) is 7.05 Å². The maximum atomic E-state index is 12.2. The molecule has 0 spiro atoms. The van der Waals surface area contributed by atoms with Gasteiger partial charge in [-0.1, -0.05) is 19.4 Å². The first-order chi connectivity index (χ1) is 9.63. The molecular formula is C15H16N4O. The summed E-state index contributed by atoms with van der Waals surface area (Å²) < 4.78 is 1.58. The van der Waals surface area contributed by atoms with E-state index in [1.54, 1.807) is 42.1 Å². The largest absolute Gasteiger partial charge is 0.321 e. The van der Waals surface area contributed by atoms with Crippen LogP contribution in [0.15, 0.2) is 30.3 Å². The van der Waals surface area contributed by atoms with Gasteiger partial charge in [-0.3, -0.25) is 9.48 Å². The molecule has 0 unspecified atom stereocenters. The number of nitrogens with zero attached hydrogens (tertiary/aromatic N) is 3. The molecule has 0 aliphatic rings. The summed E-state index contributed by atoms with van der Waals surface area (Å²) in [4.78, 5) is 12.2. The molecule has 5 heteroatoms. The Hall–Kier alpha value is -2.61. The van der Waals surface area contributed by atoms with Crippen molar-refractivity contribution >= 4 is 11.6 Å². The van der Waals surface area contributed by atoms with Crippen molar-refractivity contribution in [3.8, 4) is 6.07 Å². The van der Waals surface area contributed by atoms with Crippen LogP contribution in [0.1, 0.15) is 35.1 Å². The first kappa shape index (κ1) is 13.8. The van der Waals surface area contributed by atoms with Gasteiger partial charge in [-0.2, -0.15) is 10.4 Å². The lowest BCUT2D eigenvalue weighted by Gasteiger charge is -2.05. The van der Waals surface area contributed by atoms with Crippen LogP contribution in [-0.2, 0) is 13.5 Å². The number of aromatic nitrogens is 2. The van der Waals surface area contributed by atoms with E-state index in [4.69, 9.17) is 5.26 Å². The molecule has 0 bridgehead atoms. The van der Waals surface area contributed by atoms with Crippen molar-refractivity contribution in [1.29, 1.82) is 5.26 Å². The number of nitriles is 1. The van der Waals surface area contributed by atoms with Crippen molar-refractivity contribution in [2.75, 3.05) is 5.32 Å². The Labute approximate surface area is 117 Å². The van der Waals surface area contributed by atoms with Crippen LogP contribution in [0.5, 0.6) is 0 Å². The maximum Gasteiger partial charge on any atom is 0.273 e.